The maximum Gasteiger partial charge on any atom is 0.260 e. The van der Waals surface area contributed by atoms with E-state index in [4.69, 9.17) is 5.73 Å². The van der Waals surface area contributed by atoms with Gasteiger partial charge in [0, 0.05) is 25.9 Å². The van der Waals surface area contributed by atoms with Crippen molar-refractivity contribution in [3.63, 3.8) is 0 Å². The van der Waals surface area contributed by atoms with E-state index in [1.54, 1.807) is 0 Å². The van der Waals surface area contributed by atoms with Crippen LogP contribution in [-0.4, -0.2) is 29.8 Å². The monoisotopic (exact) mass is 562 g/mol. The minimum atomic E-state index is -2.66. The van der Waals surface area contributed by atoms with Crippen molar-refractivity contribution in [2.45, 2.75) is 104 Å². The molecule has 0 radical (unpaired) electrons. The molecule has 2 N–H and O–H groups in total. The molecular formula is C34H50F4N2. The maximum absolute atomic E-state index is 14.9. The number of rotatable bonds is 11. The van der Waals surface area contributed by atoms with Crippen LogP contribution < -0.4 is 5.73 Å². The molecule has 6 heteroatoms. The van der Waals surface area contributed by atoms with Crippen LogP contribution in [0.15, 0.2) is 60.7 Å². The molecule has 0 aliphatic heterocycles. The van der Waals surface area contributed by atoms with Gasteiger partial charge in [0.25, 0.3) is 11.8 Å². The molecule has 4 rings (SSSR count). The van der Waals surface area contributed by atoms with Crippen molar-refractivity contribution in [2.75, 3.05) is 13.1 Å². The van der Waals surface area contributed by atoms with Gasteiger partial charge in [0.05, 0.1) is 13.1 Å². The summed E-state index contributed by atoms with van der Waals surface area (Å²) in [7, 11) is 0. The Balaban J connectivity index is 0.000000285. The maximum atomic E-state index is 14.9. The summed E-state index contributed by atoms with van der Waals surface area (Å²) in [6, 6.07) is 19.8. The Bertz CT molecular complexity index is 966. The van der Waals surface area contributed by atoms with E-state index in [-0.39, 0.29) is 42.1 Å². The summed E-state index contributed by atoms with van der Waals surface area (Å²) in [5.74, 6) is -4.99. The first-order valence-corrected chi connectivity index (χ1v) is 14.9. The molecule has 0 spiro atoms. The van der Waals surface area contributed by atoms with Crippen LogP contribution in [0.4, 0.5) is 17.6 Å². The van der Waals surface area contributed by atoms with Crippen molar-refractivity contribution in [1.29, 1.82) is 0 Å². The SMILES string of the molecule is CC1(C)CCC(CC(F)(F)CN(Cc2ccccc2)Cc2ccccc2)C1.CC1(C)CCC(CC(F)(F)CN)C1. The van der Waals surface area contributed by atoms with Crippen LogP contribution in [0.2, 0.25) is 0 Å². The first kappa shape index (κ1) is 32.6. The summed E-state index contributed by atoms with van der Waals surface area (Å²) in [6.07, 6.45) is 5.82. The Morgan fingerprint density at radius 1 is 0.700 bits per heavy atom. The highest BCUT2D eigenvalue weighted by Crippen LogP contribution is 2.45. The molecule has 0 saturated heterocycles. The summed E-state index contributed by atoms with van der Waals surface area (Å²) in [4.78, 5) is 1.89. The van der Waals surface area contributed by atoms with E-state index in [0.29, 0.717) is 13.1 Å². The van der Waals surface area contributed by atoms with Crippen LogP contribution in [-0.2, 0) is 13.1 Å². The summed E-state index contributed by atoms with van der Waals surface area (Å²) < 4.78 is 55.7. The van der Waals surface area contributed by atoms with Gasteiger partial charge >= 0.3 is 0 Å². The van der Waals surface area contributed by atoms with E-state index in [9.17, 15) is 17.6 Å². The van der Waals surface area contributed by atoms with Gasteiger partial charge in [-0.05, 0) is 72.3 Å². The first-order chi connectivity index (χ1) is 18.7. The summed E-state index contributed by atoms with van der Waals surface area (Å²) in [5.41, 5.74) is 7.63. The van der Waals surface area contributed by atoms with Gasteiger partial charge in [0.15, 0.2) is 0 Å². The van der Waals surface area contributed by atoms with Crippen molar-refractivity contribution >= 4 is 0 Å². The smallest absolute Gasteiger partial charge is 0.260 e. The van der Waals surface area contributed by atoms with Crippen LogP contribution in [0.3, 0.4) is 0 Å². The number of hydrogen-bond acceptors (Lipinski definition) is 2. The normalized spacial score (nSPS) is 22.2. The molecule has 0 bridgehead atoms. The van der Waals surface area contributed by atoms with Crippen molar-refractivity contribution in [3.05, 3.63) is 71.8 Å². The standard InChI is InChI=1S/C24H31F2N.C10H19F2N/c1-23(2)14-13-22(15-23)16-24(25,26)19-27(17-20-9-5-3-6-10-20)18-21-11-7-4-8-12-21;1-9(2)4-3-8(5-9)6-10(11,12)7-13/h3-12,22H,13-19H2,1-2H3;8H,3-7,13H2,1-2H3. The Morgan fingerprint density at radius 2 is 1.10 bits per heavy atom. The number of alkyl halides is 4. The molecule has 224 valence electrons. The van der Waals surface area contributed by atoms with Crippen LogP contribution in [0.5, 0.6) is 0 Å². The summed E-state index contributed by atoms with van der Waals surface area (Å²) in [6.45, 7) is 9.08. The lowest BCUT2D eigenvalue weighted by molar-refractivity contribution is -0.0553. The minimum absolute atomic E-state index is 0.0104. The number of hydrogen-bond donors (Lipinski definition) is 1. The van der Waals surface area contributed by atoms with E-state index in [0.717, 1.165) is 49.7 Å². The van der Waals surface area contributed by atoms with Crippen LogP contribution in [0, 0.1) is 22.7 Å². The Kier molecular flexibility index (Phi) is 11.3. The van der Waals surface area contributed by atoms with Crippen LogP contribution in [0.25, 0.3) is 0 Å². The highest BCUT2D eigenvalue weighted by atomic mass is 19.3. The molecule has 2 atom stereocenters. The van der Waals surface area contributed by atoms with Crippen molar-refractivity contribution < 1.29 is 17.6 Å². The fraction of sp³-hybridized carbons (Fsp3) is 0.647. The van der Waals surface area contributed by atoms with Gasteiger partial charge in [0.1, 0.15) is 0 Å². The average Bonchev–Trinajstić information content (AvgIpc) is 3.38. The minimum Gasteiger partial charge on any atom is -0.325 e. The zero-order valence-electron chi connectivity index (χ0n) is 24.9. The molecule has 2 fully saturated rings. The van der Waals surface area contributed by atoms with Gasteiger partial charge in [-0.25, -0.2) is 17.6 Å². The molecule has 2 nitrogen and oxygen atoms in total. The second-order valence-corrected chi connectivity index (χ2v) is 14.0. The fourth-order valence-corrected chi connectivity index (χ4v) is 6.68. The quantitative estimate of drug-likeness (QED) is 0.277. The van der Waals surface area contributed by atoms with Gasteiger partial charge in [-0.1, -0.05) is 88.4 Å². The van der Waals surface area contributed by atoms with Gasteiger partial charge in [-0.2, -0.15) is 0 Å². The molecule has 2 aromatic carbocycles. The predicted octanol–water partition coefficient (Wildman–Crippen LogP) is 9.34. The average molecular weight is 563 g/mol. The Morgan fingerprint density at radius 3 is 1.45 bits per heavy atom. The zero-order chi connectivity index (χ0) is 29.4. The molecule has 2 aromatic rings. The van der Waals surface area contributed by atoms with E-state index in [1.807, 2.05) is 65.6 Å². The second kappa shape index (κ2) is 13.8. The molecule has 40 heavy (non-hydrogen) atoms. The molecule has 0 heterocycles. The number of nitrogens with zero attached hydrogens (tertiary/aromatic N) is 1. The highest BCUT2D eigenvalue weighted by Gasteiger charge is 2.40. The van der Waals surface area contributed by atoms with Gasteiger partial charge < -0.3 is 5.73 Å². The lowest BCUT2D eigenvalue weighted by atomic mass is 9.89. The lowest BCUT2D eigenvalue weighted by Crippen LogP contribution is -2.37. The van der Waals surface area contributed by atoms with E-state index in [1.165, 1.54) is 0 Å². The van der Waals surface area contributed by atoms with E-state index < -0.39 is 18.4 Å². The zero-order valence-corrected chi connectivity index (χ0v) is 24.9. The fourth-order valence-electron chi connectivity index (χ4n) is 6.68. The number of nitrogens with two attached hydrogens (primary N) is 1. The third-order valence-corrected chi connectivity index (χ3v) is 8.57. The third kappa shape index (κ3) is 11.5. The molecule has 2 aliphatic carbocycles. The van der Waals surface area contributed by atoms with Gasteiger partial charge in [-0.3, -0.25) is 4.90 Å². The van der Waals surface area contributed by atoms with Crippen LogP contribution in [0.1, 0.15) is 90.2 Å². The largest absolute Gasteiger partial charge is 0.325 e. The van der Waals surface area contributed by atoms with E-state index >= 15 is 0 Å². The van der Waals surface area contributed by atoms with Crippen molar-refractivity contribution in [1.82, 2.24) is 4.90 Å². The van der Waals surface area contributed by atoms with Crippen molar-refractivity contribution in [2.24, 2.45) is 28.4 Å². The second-order valence-electron chi connectivity index (χ2n) is 14.0. The molecule has 0 amide bonds. The van der Waals surface area contributed by atoms with Gasteiger partial charge in [-0.15, -0.1) is 0 Å². The number of benzene rings is 2. The summed E-state index contributed by atoms with van der Waals surface area (Å²) >= 11 is 0. The molecule has 2 unspecified atom stereocenters. The van der Waals surface area contributed by atoms with Crippen molar-refractivity contribution in [3.8, 4) is 0 Å². The molecule has 2 aliphatic rings. The Hall–Kier alpha value is -1.92. The predicted molar refractivity (Wildman–Crippen MR) is 157 cm³/mol. The third-order valence-electron chi connectivity index (χ3n) is 8.57. The van der Waals surface area contributed by atoms with Crippen LogP contribution >= 0.6 is 0 Å². The molecule has 0 aromatic heterocycles. The molecule has 2 saturated carbocycles. The lowest BCUT2D eigenvalue weighted by Gasteiger charge is -2.29. The molecular weight excluding hydrogens is 512 g/mol. The van der Waals surface area contributed by atoms with E-state index in [2.05, 4.69) is 27.7 Å². The number of halogens is 4. The summed E-state index contributed by atoms with van der Waals surface area (Å²) in [5, 5.41) is 0. The topological polar surface area (TPSA) is 29.3 Å². The van der Waals surface area contributed by atoms with Gasteiger partial charge in [0.2, 0.25) is 0 Å². The Labute approximate surface area is 239 Å². The highest BCUT2D eigenvalue weighted by molar-refractivity contribution is 5.17. The first-order valence-electron chi connectivity index (χ1n) is 14.9.